The molecule has 5 rings (SSSR count). The van der Waals surface area contributed by atoms with Gasteiger partial charge in [-0.1, -0.05) is 29.8 Å². The monoisotopic (exact) mass is 520 g/mol. The van der Waals surface area contributed by atoms with Crippen molar-refractivity contribution in [1.29, 1.82) is 0 Å². The maximum Gasteiger partial charge on any atom is 0.332 e. The number of imidazole rings is 1. The fourth-order valence-electron chi connectivity index (χ4n) is 4.92. The van der Waals surface area contributed by atoms with Crippen LogP contribution in [0.3, 0.4) is 0 Å². The SMILES string of the molecule is CC(C)N1CCN(c2cccc(-c3cc(F)cc(-c4ccc(-n5ccn(C)c5=O)c(Cl)c4)c3O)c2)CC1. The first-order valence-electron chi connectivity index (χ1n) is 12.4. The Hall–Kier alpha value is -3.55. The molecule has 192 valence electrons. The minimum atomic E-state index is -0.460. The fraction of sp³-hybridized carbons (Fsp3) is 0.276. The first-order chi connectivity index (χ1) is 17.7. The minimum Gasteiger partial charge on any atom is -0.507 e. The zero-order valence-electron chi connectivity index (χ0n) is 21.2. The van der Waals surface area contributed by atoms with Crippen LogP contribution in [0.25, 0.3) is 27.9 Å². The van der Waals surface area contributed by atoms with E-state index >= 15 is 0 Å². The van der Waals surface area contributed by atoms with Crippen LogP contribution in [-0.4, -0.2) is 51.4 Å². The van der Waals surface area contributed by atoms with Crippen LogP contribution >= 0.6 is 11.6 Å². The highest BCUT2D eigenvalue weighted by Crippen LogP contribution is 2.41. The van der Waals surface area contributed by atoms with Crippen LogP contribution < -0.4 is 10.6 Å². The number of aryl methyl sites for hydroxylation is 1. The van der Waals surface area contributed by atoms with E-state index in [1.807, 2.05) is 18.2 Å². The molecule has 1 N–H and O–H groups in total. The Labute approximate surface area is 220 Å². The van der Waals surface area contributed by atoms with Gasteiger partial charge >= 0.3 is 5.69 Å². The lowest BCUT2D eigenvalue weighted by Gasteiger charge is -2.38. The molecule has 37 heavy (non-hydrogen) atoms. The van der Waals surface area contributed by atoms with Gasteiger partial charge in [0, 0.05) is 68.5 Å². The molecule has 4 aromatic rings. The van der Waals surface area contributed by atoms with Crippen LogP contribution in [0, 0.1) is 5.82 Å². The van der Waals surface area contributed by atoms with E-state index in [2.05, 4.69) is 29.7 Å². The van der Waals surface area contributed by atoms with E-state index in [1.165, 1.54) is 21.3 Å². The number of nitrogens with zero attached hydrogens (tertiary/aromatic N) is 4. The Morgan fingerprint density at radius 2 is 1.59 bits per heavy atom. The fourth-order valence-corrected chi connectivity index (χ4v) is 5.19. The second kappa shape index (κ2) is 10.1. The Balaban J connectivity index is 1.48. The summed E-state index contributed by atoms with van der Waals surface area (Å²) in [5.74, 6) is -0.484. The Morgan fingerprint density at radius 3 is 2.19 bits per heavy atom. The van der Waals surface area contributed by atoms with Gasteiger partial charge in [0.25, 0.3) is 0 Å². The lowest BCUT2D eigenvalue weighted by Crippen LogP contribution is -2.48. The number of benzene rings is 3. The number of anilines is 1. The second-order valence-electron chi connectivity index (χ2n) is 9.74. The van der Waals surface area contributed by atoms with Crippen LogP contribution in [0.1, 0.15) is 13.8 Å². The molecule has 8 heteroatoms. The third kappa shape index (κ3) is 4.89. The van der Waals surface area contributed by atoms with Gasteiger partial charge in [0.2, 0.25) is 0 Å². The molecule has 1 aromatic heterocycles. The summed E-state index contributed by atoms with van der Waals surface area (Å²) in [6.45, 7) is 8.23. The summed E-state index contributed by atoms with van der Waals surface area (Å²) in [7, 11) is 1.66. The van der Waals surface area contributed by atoms with Gasteiger partial charge in [-0.05, 0) is 61.4 Å². The molecule has 1 saturated heterocycles. The Bertz CT molecular complexity index is 1500. The number of hydrogen-bond donors (Lipinski definition) is 1. The molecule has 0 saturated carbocycles. The number of piperazine rings is 1. The number of hydrogen-bond acceptors (Lipinski definition) is 4. The van der Waals surface area contributed by atoms with Crippen LogP contribution in [-0.2, 0) is 7.05 Å². The van der Waals surface area contributed by atoms with Crippen molar-refractivity contribution in [3.8, 4) is 33.7 Å². The molecule has 0 aliphatic carbocycles. The van der Waals surface area contributed by atoms with Crippen molar-refractivity contribution in [3.05, 3.63) is 88.3 Å². The Kier molecular flexibility index (Phi) is 6.84. The van der Waals surface area contributed by atoms with E-state index in [9.17, 15) is 14.3 Å². The highest BCUT2D eigenvalue weighted by molar-refractivity contribution is 6.32. The number of aromatic nitrogens is 2. The molecular formula is C29H30ClFN4O2. The van der Waals surface area contributed by atoms with Crippen LogP contribution in [0.2, 0.25) is 5.02 Å². The predicted molar refractivity (Wildman–Crippen MR) is 147 cm³/mol. The molecule has 1 aliphatic heterocycles. The minimum absolute atomic E-state index is 0.0242. The molecule has 0 radical (unpaired) electrons. The highest BCUT2D eigenvalue weighted by atomic mass is 35.5. The van der Waals surface area contributed by atoms with Crippen LogP contribution in [0.5, 0.6) is 5.75 Å². The van der Waals surface area contributed by atoms with Crippen molar-refractivity contribution >= 4 is 17.3 Å². The van der Waals surface area contributed by atoms with Gasteiger partial charge in [-0.25, -0.2) is 9.18 Å². The van der Waals surface area contributed by atoms with E-state index < -0.39 is 5.82 Å². The lowest BCUT2D eigenvalue weighted by atomic mass is 9.96. The van der Waals surface area contributed by atoms with Crippen molar-refractivity contribution < 1.29 is 9.50 Å². The standard InChI is InChI=1S/C29H30ClFN4O2/c1-19(2)33-10-12-34(13-11-33)23-6-4-5-20(15-23)24-17-22(31)18-25(28(24)36)21-7-8-27(26(30)16-21)35-14-9-32(3)29(35)37/h4-9,14-19,36H,10-13H2,1-3H3. The maximum atomic E-state index is 14.8. The third-order valence-corrected chi connectivity index (χ3v) is 7.41. The average molecular weight is 521 g/mol. The van der Waals surface area contributed by atoms with E-state index in [0.717, 1.165) is 37.4 Å². The van der Waals surface area contributed by atoms with Crippen molar-refractivity contribution in [2.24, 2.45) is 7.05 Å². The average Bonchev–Trinajstić information content (AvgIpc) is 3.23. The number of halogens is 2. The molecule has 1 aliphatic rings. The van der Waals surface area contributed by atoms with Gasteiger partial charge < -0.3 is 14.6 Å². The largest absolute Gasteiger partial charge is 0.507 e. The van der Waals surface area contributed by atoms with Crippen molar-refractivity contribution in [2.75, 3.05) is 31.1 Å². The third-order valence-electron chi connectivity index (χ3n) is 7.11. The van der Waals surface area contributed by atoms with Gasteiger partial charge in [0.05, 0.1) is 10.7 Å². The molecule has 0 amide bonds. The Morgan fingerprint density at radius 1 is 0.919 bits per heavy atom. The van der Waals surface area contributed by atoms with Gasteiger partial charge in [0.15, 0.2) is 0 Å². The summed E-state index contributed by atoms with van der Waals surface area (Å²) < 4.78 is 17.7. The molecule has 0 unspecified atom stereocenters. The van der Waals surface area contributed by atoms with E-state index in [0.29, 0.717) is 33.4 Å². The molecule has 1 fully saturated rings. The van der Waals surface area contributed by atoms with E-state index in [4.69, 9.17) is 11.6 Å². The number of phenols is 1. The number of phenolic OH excluding ortho intramolecular Hbond substituents is 1. The van der Waals surface area contributed by atoms with E-state index in [1.54, 1.807) is 37.6 Å². The summed E-state index contributed by atoms with van der Waals surface area (Å²) in [6, 6.07) is 16.1. The summed E-state index contributed by atoms with van der Waals surface area (Å²) in [6.07, 6.45) is 3.28. The van der Waals surface area contributed by atoms with Crippen molar-refractivity contribution in [2.45, 2.75) is 19.9 Å². The zero-order chi connectivity index (χ0) is 26.3. The molecule has 2 heterocycles. The van der Waals surface area contributed by atoms with Crippen molar-refractivity contribution in [1.82, 2.24) is 14.0 Å². The highest BCUT2D eigenvalue weighted by Gasteiger charge is 2.20. The normalized spacial score (nSPS) is 14.5. The van der Waals surface area contributed by atoms with E-state index in [-0.39, 0.29) is 11.4 Å². The van der Waals surface area contributed by atoms with Crippen LogP contribution in [0.15, 0.2) is 71.8 Å². The molecular weight excluding hydrogens is 491 g/mol. The van der Waals surface area contributed by atoms with Crippen molar-refractivity contribution in [3.63, 3.8) is 0 Å². The summed E-state index contributed by atoms with van der Waals surface area (Å²) >= 11 is 6.53. The smallest absolute Gasteiger partial charge is 0.332 e. The summed E-state index contributed by atoms with van der Waals surface area (Å²) in [4.78, 5) is 17.1. The first-order valence-corrected chi connectivity index (χ1v) is 12.8. The number of rotatable bonds is 5. The molecule has 0 spiro atoms. The maximum absolute atomic E-state index is 14.8. The molecule has 0 atom stereocenters. The lowest BCUT2D eigenvalue weighted by molar-refractivity contribution is 0.209. The molecule has 6 nitrogen and oxygen atoms in total. The summed E-state index contributed by atoms with van der Waals surface area (Å²) in [5.41, 5.74) is 3.37. The molecule has 0 bridgehead atoms. The zero-order valence-corrected chi connectivity index (χ0v) is 21.9. The van der Waals surface area contributed by atoms with Gasteiger partial charge in [-0.2, -0.15) is 0 Å². The molecule has 3 aromatic carbocycles. The number of aromatic hydroxyl groups is 1. The topological polar surface area (TPSA) is 53.6 Å². The van der Waals surface area contributed by atoms with Gasteiger partial charge in [-0.15, -0.1) is 0 Å². The first kappa shape index (κ1) is 25.1. The van der Waals surface area contributed by atoms with Gasteiger partial charge in [-0.3, -0.25) is 9.47 Å². The summed E-state index contributed by atoms with van der Waals surface area (Å²) in [5, 5.41) is 11.6. The predicted octanol–water partition coefficient (Wildman–Crippen LogP) is 5.54. The quantitative estimate of drug-likeness (QED) is 0.375. The van der Waals surface area contributed by atoms with Crippen LogP contribution in [0.4, 0.5) is 10.1 Å². The van der Waals surface area contributed by atoms with Gasteiger partial charge in [0.1, 0.15) is 11.6 Å². The second-order valence-corrected chi connectivity index (χ2v) is 10.2.